The van der Waals surface area contributed by atoms with Crippen LogP contribution in [0.4, 0.5) is 0 Å². The summed E-state index contributed by atoms with van der Waals surface area (Å²) >= 11 is 2.30. The van der Waals surface area contributed by atoms with Crippen LogP contribution in [0.5, 0.6) is 0 Å². The van der Waals surface area contributed by atoms with Gasteiger partial charge in [-0.3, -0.25) is 9.48 Å². The number of fused-ring (bicyclic) bond motifs is 1. The Hall–Kier alpha value is -1.11. The fourth-order valence-corrected chi connectivity index (χ4v) is 3.24. The van der Waals surface area contributed by atoms with Crippen molar-refractivity contribution in [3.05, 3.63) is 30.0 Å². The van der Waals surface area contributed by atoms with E-state index >= 15 is 0 Å². The van der Waals surface area contributed by atoms with Gasteiger partial charge in [-0.25, -0.2) is 0 Å². The third-order valence-electron chi connectivity index (χ3n) is 3.26. The van der Waals surface area contributed by atoms with E-state index in [9.17, 15) is 4.79 Å². The standard InChI is InChI=1S/C14H18IN3O/c1-9(2)11(8-15)16-14(19)13-10-6-4-5-7-12(10)18(3)17-13/h4-7,9,11H,8H2,1-3H3,(H,16,19). The van der Waals surface area contributed by atoms with E-state index in [4.69, 9.17) is 0 Å². The second-order valence-corrected chi connectivity index (χ2v) is 5.85. The van der Waals surface area contributed by atoms with Gasteiger partial charge in [0.05, 0.1) is 5.52 Å². The van der Waals surface area contributed by atoms with Crippen molar-refractivity contribution in [3.8, 4) is 0 Å². The molecule has 1 aromatic heterocycles. The minimum atomic E-state index is -0.0906. The summed E-state index contributed by atoms with van der Waals surface area (Å²) in [4.78, 5) is 12.4. The third kappa shape index (κ3) is 2.91. The molecule has 4 nitrogen and oxygen atoms in total. The zero-order valence-corrected chi connectivity index (χ0v) is 13.5. The molecular weight excluding hydrogens is 353 g/mol. The smallest absolute Gasteiger partial charge is 0.272 e. The lowest BCUT2D eigenvalue weighted by atomic mass is 10.1. The number of aryl methyl sites for hydroxylation is 1. The number of hydrogen-bond donors (Lipinski definition) is 1. The summed E-state index contributed by atoms with van der Waals surface area (Å²) in [6.07, 6.45) is 0. The number of nitrogens with zero attached hydrogens (tertiary/aromatic N) is 2. The molecule has 0 saturated carbocycles. The zero-order chi connectivity index (χ0) is 14.0. The van der Waals surface area contributed by atoms with E-state index in [0.29, 0.717) is 11.6 Å². The summed E-state index contributed by atoms with van der Waals surface area (Å²) in [5.41, 5.74) is 1.48. The van der Waals surface area contributed by atoms with E-state index in [1.54, 1.807) is 4.68 Å². The Kier molecular flexibility index (Phi) is 4.44. The van der Waals surface area contributed by atoms with Crippen LogP contribution in [0.2, 0.25) is 0 Å². The van der Waals surface area contributed by atoms with E-state index in [1.807, 2.05) is 31.3 Å². The molecule has 0 aliphatic rings. The quantitative estimate of drug-likeness (QED) is 0.664. The largest absolute Gasteiger partial charge is 0.347 e. The summed E-state index contributed by atoms with van der Waals surface area (Å²) in [7, 11) is 1.86. The number of para-hydroxylation sites is 1. The lowest BCUT2D eigenvalue weighted by Crippen LogP contribution is -2.40. The average Bonchev–Trinajstić information content (AvgIpc) is 2.73. The van der Waals surface area contributed by atoms with E-state index in [2.05, 4.69) is 46.9 Å². The predicted molar refractivity (Wildman–Crippen MR) is 85.7 cm³/mol. The normalized spacial score (nSPS) is 12.9. The monoisotopic (exact) mass is 371 g/mol. The second-order valence-electron chi connectivity index (χ2n) is 4.97. The molecule has 1 N–H and O–H groups in total. The number of benzene rings is 1. The Balaban J connectivity index is 2.32. The first-order chi connectivity index (χ1) is 9.04. The minimum absolute atomic E-state index is 0.0906. The Morgan fingerprint density at radius 1 is 1.42 bits per heavy atom. The lowest BCUT2D eigenvalue weighted by Gasteiger charge is -2.19. The number of nitrogens with one attached hydrogen (secondary N) is 1. The molecule has 1 unspecified atom stereocenters. The van der Waals surface area contributed by atoms with Gasteiger partial charge in [-0.05, 0) is 12.0 Å². The van der Waals surface area contributed by atoms with E-state index in [1.165, 1.54) is 0 Å². The van der Waals surface area contributed by atoms with E-state index < -0.39 is 0 Å². The van der Waals surface area contributed by atoms with Gasteiger partial charge in [0.2, 0.25) is 0 Å². The van der Waals surface area contributed by atoms with Crippen LogP contribution in [0.25, 0.3) is 10.9 Å². The molecule has 1 atom stereocenters. The number of alkyl halides is 1. The van der Waals surface area contributed by atoms with Crippen LogP contribution in [0, 0.1) is 5.92 Å². The molecule has 0 bridgehead atoms. The molecular formula is C14H18IN3O. The highest BCUT2D eigenvalue weighted by Gasteiger charge is 2.20. The predicted octanol–water partition coefficient (Wildman–Crippen LogP) is 2.76. The van der Waals surface area contributed by atoms with Crippen molar-refractivity contribution in [2.75, 3.05) is 4.43 Å². The number of halogens is 1. The summed E-state index contributed by atoms with van der Waals surface area (Å²) in [6.45, 7) is 4.22. The van der Waals surface area contributed by atoms with Crippen LogP contribution in [0.1, 0.15) is 24.3 Å². The van der Waals surface area contributed by atoms with Crippen LogP contribution < -0.4 is 5.32 Å². The highest BCUT2D eigenvalue weighted by molar-refractivity contribution is 14.1. The molecule has 2 aromatic rings. The van der Waals surface area contributed by atoms with Gasteiger partial charge in [0.1, 0.15) is 0 Å². The molecule has 0 fully saturated rings. The molecule has 0 saturated heterocycles. The number of carbonyl (C=O) groups excluding carboxylic acids is 1. The maximum Gasteiger partial charge on any atom is 0.272 e. The van der Waals surface area contributed by atoms with Gasteiger partial charge in [-0.2, -0.15) is 5.10 Å². The number of rotatable bonds is 4. The van der Waals surface area contributed by atoms with Gasteiger partial charge in [0.15, 0.2) is 5.69 Å². The SMILES string of the molecule is CC(C)C(CI)NC(=O)c1nn(C)c2ccccc12. The van der Waals surface area contributed by atoms with Crippen LogP contribution in [0.15, 0.2) is 24.3 Å². The van der Waals surface area contributed by atoms with Crippen molar-refractivity contribution in [3.63, 3.8) is 0 Å². The Labute approximate surface area is 126 Å². The molecule has 19 heavy (non-hydrogen) atoms. The Bertz CT molecular complexity index is 591. The third-order valence-corrected chi connectivity index (χ3v) is 4.21. The molecule has 0 spiro atoms. The summed E-state index contributed by atoms with van der Waals surface area (Å²) < 4.78 is 2.64. The van der Waals surface area contributed by atoms with Crippen LogP contribution in [-0.2, 0) is 7.05 Å². The number of aromatic nitrogens is 2. The molecule has 0 aliphatic heterocycles. The maximum atomic E-state index is 12.4. The van der Waals surface area contributed by atoms with Crippen molar-refractivity contribution < 1.29 is 4.79 Å². The second kappa shape index (κ2) is 5.90. The minimum Gasteiger partial charge on any atom is -0.347 e. The molecule has 0 radical (unpaired) electrons. The number of carbonyl (C=O) groups is 1. The van der Waals surface area contributed by atoms with Crippen LogP contribution in [0.3, 0.4) is 0 Å². The molecule has 0 aliphatic carbocycles. The van der Waals surface area contributed by atoms with Crippen molar-refractivity contribution >= 4 is 39.4 Å². The average molecular weight is 371 g/mol. The van der Waals surface area contributed by atoms with Gasteiger partial charge in [-0.15, -0.1) is 0 Å². The molecule has 1 heterocycles. The van der Waals surface area contributed by atoms with E-state index in [-0.39, 0.29) is 11.9 Å². The van der Waals surface area contributed by atoms with Gasteiger partial charge >= 0.3 is 0 Å². The molecule has 1 amide bonds. The first kappa shape index (κ1) is 14.3. The van der Waals surface area contributed by atoms with Gasteiger partial charge in [-0.1, -0.05) is 54.6 Å². The molecule has 2 rings (SSSR count). The van der Waals surface area contributed by atoms with Crippen LogP contribution >= 0.6 is 22.6 Å². The zero-order valence-electron chi connectivity index (χ0n) is 11.4. The van der Waals surface area contributed by atoms with Gasteiger partial charge < -0.3 is 5.32 Å². The summed E-state index contributed by atoms with van der Waals surface area (Å²) in [5, 5.41) is 8.31. The van der Waals surface area contributed by atoms with Gasteiger partial charge in [0, 0.05) is 22.9 Å². The van der Waals surface area contributed by atoms with Crippen molar-refractivity contribution in [1.29, 1.82) is 0 Å². The molecule has 5 heteroatoms. The highest BCUT2D eigenvalue weighted by Crippen LogP contribution is 2.18. The van der Waals surface area contributed by atoms with Crippen molar-refractivity contribution in [2.45, 2.75) is 19.9 Å². The van der Waals surface area contributed by atoms with Crippen molar-refractivity contribution in [1.82, 2.24) is 15.1 Å². The fourth-order valence-electron chi connectivity index (χ4n) is 2.00. The molecule has 1 aromatic carbocycles. The molecule has 102 valence electrons. The summed E-state index contributed by atoms with van der Waals surface area (Å²) in [5.74, 6) is 0.322. The highest BCUT2D eigenvalue weighted by atomic mass is 127. The number of hydrogen-bond acceptors (Lipinski definition) is 2. The topological polar surface area (TPSA) is 46.9 Å². The number of amides is 1. The van der Waals surface area contributed by atoms with Crippen molar-refractivity contribution in [2.24, 2.45) is 13.0 Å². The maximum absolute atomic E-state index is 12.4. The van der Waals surface area contributed by atoms with Crippen LogP contribution in [-0.4, -0.2) is 26.2 Å². The first-order valence-corrected chi connectivity index (χ1v) is 7.85. The fraction of sp³-hybridized carbons (Fsp3) is 0.429. The Morgan fingerprint density at radius 3 is 2.74 bits per heavy atom. The van der Waals surface area contributed by atoms with Gasteiger partial charge in [0.25, 0.3) is 5.91 Å². The lowest BCUT2D eigenvalue weighted by molar-refractivity contribution is 0.0928. The Morgan fingerprint density at radius 2 is 2.11 bits per heavy atom. The van der Waals surface area contributed by atoms with E-state index in [0.717, 1.165) is 15.3 Å². The first-order valence-electron chi connectivity index (χ1n) is 6.33. The summed E-state index contributed by atoms with van der Waals surface area (Å²) in [6, 6.07) is 7.96.